The molecule has 0 aromatic heterocycles. The lowest BCUT2D eigenvalue weighted by Crippen LogP contribution is -2.34. The normalized spacial score (nSPS) is 20.7. The van der Waals surface area contributed by atoms with Crippen molar-refractivity contribution in [1.29, 1.82) is 0 Å². The Morgan fingerprint density at radius 2 is 1.90 bits per heavy atom. The monoisotopic (exact) mass is 301 g/mol. The largest absolute Gasteiger partial charge is 0.496 e. The Morgan fingerprint density at radius 1 is 1.14 bits per heavy atom. The van der Waals surface area contributed by atoms with Gasteiger partial charge in [0.15, 0.2) is 0 Å². The zero-order valence-electron chi connectivity index (χ0n) is 12.4. The fourth-order valence-corrected chi connectivity index (χ4v) is 3.29. The van der Waals surface area contributed by atoms with E-state index in [1.54, 1.807) is 7.11 Å². The van der Waals surface area contributed by atoms with Crippen LogP contribution in [0.3, 0.4) is 0 Å². The molecule has 0 aliphatic heterocycles. The van der Waals surface area contributed by atoms with Gasteiger partial charge in [-0.05, 0) is 61.1 Å². The molecular weight excluding hydrogens is 282 g/mol. The van der Waals surface area contributed by atoms with Crippen molar-refractivity contribution in [3.05, 3.63) is 58.6 Å². The Morgan fingerprint density at radius 3 is 2.57 bits per heavy atom. The van der Waals surface area contributed by atoms with Crippen LogP contribution in [-0.2, 0) is 0 Å². The van der Waals surface area contributed by atoms with Crippen molar-refractivity contribution in [3.8, 4) is 5.75 Å². The number of ether oxygens (including phenoxy) is 1. The van der Waals surface area contributed by atoms with E-state index in [1.165, 1.54) is 5.56 Å². The molecule has 1 saturated carbocycles. The van der Waals surface area contributed by atoms with Gasteiger partial charge in [0.2, 0.25) is 0 Å². The molecule has 21 heavy (non-hydrogen) atoms. The van der Waals surface area contributed by atoms with Crippen molar-refractivity contribution in [1.82, 2.24) is 0 Å². The van der Waals surface area contributed by atoms with E-state index in [-0.39, 0.29) is 0 Å². The maximum absolute atomic E-state index is 6.26. The molecule has 1 aliphatic rings. The van der Waals surface area contributed by atoms with Gasteiger partial charge in [0.05, 0.1) is 7.11 Å². The zero-order valence-corrected chi connectivity index (χ0v) is 13.2. The van der Waals surface area contributed by atoms with E-state index in [1.807, 2.05) is 18.2 Å². The molecule has 2 aromatic rings. The average Bonchev–Trinajstić information content (AvgIpc) is 2.44. The van der Waals surface area contributed by atoms with Gasteiger partial charge in [-0.3, -0.25) is 0 Å². The first-order valence-electron chi connectivity index (χ1n) is 7.33. The minimum absolute atomic E-state index is 0.527. The van der Waals surface area contributed by atoms with E-state index in [0.29, 0.717) is 12.0 Å². The quantitative estimate of drug-likeness (QED) is 0.856. The molecule has 0 radical (unpaired) electrons. The number of nitrogens with one attached hydrogen (secondary N) is 1. The Kier molecular flexibility index (Phi) is 4.07. The second-order valence-electron chi connectivity index (χ2n) is 5.72. The van der Waals surface area contributed by atoms with Gasteiger partial charge in [-0.25, -0.2) is 0 Å². The lowest BCUT2D eigenvalue weighted by atomic mass is 9.76. The first-order valence-corrected chi connectivity index (χ1v) is 7.71. The van der Waals surface area contributed by atoms with Gasteiger partial charge < -0.3 is 10.1 Å². The van der Waals surface area contributed by atoms with Crippen LogP contribution in [0.2, 0.25) is 5.02 Å². The first-order chi connectivity index (χ1) is 10.2. The van der Waals surface area contributed by atoms with E-state index >= 15 is 0 Å². The molecule has 0 spiro atoms. The van der Waals surface area contributed by atoms with Gasteiger partial charge in [-0.15, -0.1) is 0 Å². The van der Waals surface area contributed by atoms with Gasteiger partial charge in [0.1, 0.15) is 5.75 Å². The third-order valence-electron chi connectivity index (χ3n) is 4.25. The van der Waals surface area contributed by atoms with Crippen LogP contribution in [0.4, 0.5) is 5.69 Å². The van der Waals surface area contributed by atoms with Gasteiger partial charge in [-0.1, -0.05) is 29.8 Å². The predicted molar refractivity (Wildman–Crippen MR) is 88.6 cm³/mol. The lowest BCUT2D eigenvalue weighted by Gasteiger charge is -2.37. The summed E-state index contributed by atoms with van der Waals surface area (Å²) in [6.45, 7) is 2.07. The molecule has 3 rings (SSSR count). The van der Waals surface area contributed by atoms with Gasteiger partial charge in [0.25, 0.3) is 0 Å². The summed E-state index contributed by atoms with van der Waals surface area (Å²) in [6.07, 6.45) is 2.27. The topological polar surface area (TPSA) is 21.3 Å². The molecule has 0 atom stereocenters. The molecule has 3 heteroatoms. The van der Waals surface area contributed by atoms with Crippen LogP contribution in [0.15, 0.2) is 42.5 Å². The van der Waals surface area contributed by atoms with Crippen molar-refractivity contribution in [3.63, 3.8) is 0 Å². The third kappa shape index (κ3) is 3.01. The number of hydrogen-bond acceptors (Lipinski definition) is 2. The first kappa shape index (κ1) is 14.3. The Balaban J connectivity index is 1.60. The van der Waals surface area contributed by atoms with Crippen LogP contribution in [0.5, 0.6) is 5.75 Å². The average molecular weight is 302 g/mol. The van der Waals surface area contributed by atoms with E-state index in [4.69, 9.17) is 16.3 Å². The van der Waals surface area contributed by atoms with Crippen molar-refractivity contribution in [2.24, 2.45) is 0 Å². The van der Waals surface area contributed by atoms with Crippen molar-refractivity contribution < 1.29 is 4.74 Å². The predicted octanol–water partition coefficient (Wildman–Crippen LogP) is 5.02. The van der Waals surface area contributed by atoms with Crippen LogP contribution < -0.4 is 10.1 Å². The fourth-order valence-electron chi connectivity index (χ4n) is 3.00. The number of aryl methyl sites for hydroxylation is 1. The third-order valence-corrected chi connectivity index (χ3v) is 4.59. The minimum atomic E-state index is 0.527. The molecule has 0 saturated heterocycles. The van der Waals surface area contributed by atoms with Crippen LogP contribution in [0, 0.1) is 6.92 Å². The summed E-state index contributed by atoms with van der Waals surface area (Å²) in [4.78, 5) is 0. The molecule has 1 aliphatic carbocycles. The van der Waals surface area contributed by atoms with E-state index in [2.05, 4.69) is 36.5 Å². The van der Waals surface area contributed by atoms with Crippen LogP contribution in [-0.4, -0.2) is 13.2 Å². The van der Waals surface area contributed by atoms with Gasteiger partial charge in [-0.2, -0.15) is 0 Å². The van der Waals surface area contributed by atoms with Crippen LogP contribution in [0.25, 0.3) is 0 Å². The van der Waals surface area contributed by atoms with E-state index in [0.717, 1.165) is 34.9 Å². The summed E-state index contributed by atoms with van der Waals surface area (Å²) in [6, 6.07) is 14.9. The highest BCUT2D eigenvalue weighted by Crippen LogP contribution is 2.41. The second-order valence-corrected chi connectivity index (χ2v) is 6.12. The highest BCUT2D eigenvalue weighted by atomic mass is 35.5. The maximum Gasteiger partial charge on any atom is 0.121 e. The zero-order chi connectivity index (χ0) is 14.8. The summed E-state index contributed by atoms with van der Waals surface area (Å²) >= 11 is 6.26. The van der Waals surface area contributed by atoms with Crippen molar-refractivity contribution >= 4 is 17.3 Å². The van der Waals surface area contributed by atoms with Crippen LogP contribution >= 0.6 is 11.6 Å². The smallest absolute Gasteiger partial charge is 0.121 e. The number of methoxy groups -OCH3 is 1. The van der Waals surface area contributed by atoms with Crippen molar-refractivity contribution in [2.75, 3.05) is 12.4 Å². The second kappa shape index (κ2) is 5.98. The van der Waals surface area contributed by atoms with Gasteiger partial charge in [0, 0.05) is 16.8 Å². The highest BCUT2D eigenvalue weighted by molar-refractivity contribution is 6.31. The van der Waals surface area contributed by atoms with Gasteiger partial charge >= 0.3 is 0 Å². The summed E-state index contributed by atoms with van der Waals surface area (Å²) < 4.78 is 5.29. The molecule has 1 fully saturated rings. The highest BCUT2D eigenvalue weighted by Gasteiger charge is 2.31. The number of rotatable bonds is 4. The summed E-state index contributed by atoms with van der Waals surface area (Å²) in [5.41, 5.74) is 3.60. The number of benzene rings is 2. The fraction of sp³-hybridized carbons (Fsp3) is 0.333. The molecule has 0 heterocycles. The molecule has 1 N–H and O–H groups in total. The lowest BCUT2D eigenvalue weighted by molar-refractivity contribution is 0.374. The molecule has 2 aromatic carbocycles. The molecule has 110 valence electrons. The molecular formula is C18H20ClNO. The molecule has 2 nitrogen and oxygen atoms in total. The Labute approximate surface area is 131 Å². The maximum atomic E-state index is 6.26. The number of hydrogen-bond donors (Lipinski definition) is 1. The molecule has 0 unspecified atom stereocenters. The summed E-state index contributed by atoms with van der Waals surface area (Å²) in [5, 5.41) is 4.48. The number of anilines is 1. The standard InChI is InChI=1S/C18H20ClNO/c1-12-9-14(7-8-18(12)21-2)20-15-10-13(11-15)16-5-3-4-6-17(16)19/h3-9,13,15,20H,10-11H2,1-2H3. The van der Waals surface area contributed by atoms with E-state index in [9.17, 15) is 0 Å². The Bertz CT molecular complexity index is 635. The van der Waals surface area contributed by atoms with Crippen molar-refractivity contribution in [2.45, 2.75) is 31.7 Å². The SMILES string of the molecule is COc1ccc(NC2CC(c3ccccc3Cl)C2)cc1C. The number of halogens is 1. The van der Waals surface area contributed by atoms with E-state index < -0.39 is 0 Å². The summed E-state index contributed by atoms with van der Waals surface area (Å²) in [7, 11) is 1.70. The summed E-state index contributed by atoms with van der Waals surface area (Å²) in [5.74, 6) is 1.51. The molecule has 0 bridgehead atoms. The molecule has 0 amide bonds. The Hall–Kier alpha value is -1.67. The minimum Gasteiger partial charge on any atom is -0.496 e. The van der Waals surface area contributed by atoms with Crippen LogP contribution in [0.1, 0.15) is 29.9 Å².